The highest BCUT2D eigenvalue weighted by molar-refractivity contribution is 7.80. The summed E-state index contributed by atoms with van der Waals surface area (Å²) in [6, 6.07) is 0. The van der Waals surface area contributed by atoms with Crippen molar-refractivity contribution >= 4 is 17.2 Å². The largest absolute Gasteiger partial charge is 0.387 e. The van der Waals surface area contributed by atoms with E-state index in [2.05, 4.69) is 43.2 Å². The lowest BCUT2D eigenvalue weighted by Crippen LogP contribution is -2.47. The lowest BCUT2D eigenvalue weighted by Gasteiger charge is -2.33. The Kier molecular flexibility index (Phi) is 5.40. The Bertz CT molecular complexity index is 293. The van der Waals surface area contributed by atoms with Gasteiger partial charge in [0, 0.05) is 30.7 Å². The summed E-state index contributed by atoms with van der Waals surface area (Å²) in [5.74, 6) is 0. The van der Waals surface area contributed by atoms with Crippen LogP contribution in [0.2, 0.25) is 0 Å². The molecule has 0 spiro atoms. The summed E-state index contributed by atoms with van der Waals surface area (Å²) >= 11 is 5.24. The van der Waals surface area contributed by atoms with Gasteiger partial charge < -0.3 is 15.5 Å². The summed E-state index contributed by atoms with van der Waals surface area (Å²) in [6.07, 6.45) is 3.05. The van der Waals surface area contributed by atoms with Gasteiger partial charge in [-0.05, 0) is 33.0 Å². The number of nitrogens with one attached hydrogen (secondary N) is 2. The van der Waals surface area contributed by atoms with E-state index >= 15 is 0 Å². The van der Waals surface area contributed by atoms with E-state index in [0.29, 0.717) is 0 Å². The van der Waals surface area contributed by atoms with Crippen LogP contribution in [-0.4, -0.2) is 41.6 Å². The minimum atomic E-state index is 0.0728. The molecule has 0 fully saturated rings. The summed E-state index contributed by atoms with van der Waals surface area (Å²) in [5.41, 5.74) is 1.33. The second-order valence-electron chi connectivity index (χ2n) is 5.17. The molecule has 0 radical (unpaired) electrons. The average molecular weight is 255 g/mol. The number of thiocarbonyl (C=S) groups is 1. The molecule has 98 valence electrons. The van der Waals surface area contributed by atoms with Crippen molar-refractivity contribution in [3.8, 4) is 0 Å². The molecule has 0 saturated carbocycles. The molecular weight excluding hydrogens is 230 g/mol. The van der Waals surface area contributed by atoms with E-state index in [9.17, 15) is 0 Å². The SMILES string of the molecule is CCN(CC)CCNC1=CC(=S)NC(C)(C)C1. The summed E-state index contributed by atoms with van der Waals surface area (Å²) in [6.45, 7) is 13.1. The van der Waals surface area contributed by atoms with Crippen LogP contribution in [-0.2, 0) is 0 Å². The highest BCUT2D eigenvalue weighted by atomic mass is 32.1. The molecule has 17 heavy (non-hydrogen) atoms. The Labute approximate surface area is 111 Å². The Hall–Kier alpha value is -0.610. The average Bonchev–Trinajstić information content (AvgIpc) is 2.21. The smallest absolute Gasteiger partial charge is 0.101 e. The van der Waals surface area contributed by atoms with Crippen molar-refractivity contribution in [2.24, 2.45) is 0 Å². The van der Waals surface area contributed by atoms with Gasteiger partial charge in [0.05, 0.1) is 0 Å². The van der Waals surface area contributed by atoms with Crippen LogP contribution < -0.4 is 10.6 Å². The second-order valence-corrected chi connectivity index (χ2v) is 5.61. The zero-order valence-corrected chi connectivity index (χ0v) is 12.3. The van der Waals surface area contributed by atoms with E-state index in [1.165, 1.54) is 5.70 Å². The van der Waals surface area contributed by atoms with Gasteiger partial charge in [0.25, 0.3) is 0 Å². The maximum atomic E-state index is 5.24. The molecule has 1 heterocycles. The van der Waals surface area contributed by atoms with Crippen LogP contribution in [0.4, 0.5) is 0 Å². The van der Waals surface area contributed by atoms with E-state index in [4.69, 9.17) is 12.2 Å². The fourth-order valence-corrected chi connectivity index (χ4v) is 2.55. The van der Waals surface area contributed by atoms with Crippen LogP contribution in [0, 0.1) is 0 Å². The third kappa shape index (κ3) is 5.04. The van der Waals surface area contributed by atoms with Gasteiger partial charge in [0.2, 0.25) is 0 Å². The molecule has 0 saturated heterocycles. The topological polar surface area (TPSA) is 27.3 Å². The predicted molar refractivity (Wildman–Crippen MR) is 78.3 cm³/mol. The van der Waals surface area contributed by atoms with Crippen molar-refractivity contribution in [2.75, 3.05) is 26.2 Å². The van der Waals surface area contributed by atoms with Gasteiger partial charge in [-0.25, -0.2) is 0 Å². The fourth-order valence-electron chi connectivity index (χ4n) is 2.13. The Morgan fingerprint density at radius 2 is 2.06 bits per heavy atom. The van der Waals surface area contributed by atoms with Crippen LogP contribution in [0.15, 0.2) is 11.8 Å². The number of hydrogen-bond donors (Lipinski definition) is 2. The zero-order valence-electron chi connectivity index (χ0n) is 11.5. The molecule has 3 nitrogen and oxygen atoms in total. The zero-order chi connectivity index (χ0) is 12.9. The Morgan fingerprint density at radius 1 is 1.41 bits per heavy atom. The van der Waals surface area contributed by atoms with Crippen molar-refractivity contribution < 1.29 is 0 Å². The number of nitrogens with zero attached hydrogens (tertiary/aromatic N) is 1. The molecule has 0 bridgehead atoms. The second kappa shape index (κ2) is 6.36. The van der Waals surface area contributed by atoms with Crippen LogP contribution in [0.1, 0.15) is 34.1 Å². The van der Waals surface area contributed by atoms with Crippen LogP contribution >= 0.6 is 12.2 Å². The van der Waals surface area contributed by atoms with Crippen molar-refractivity contribution in [3.63, 3.8) is 0 Å². The Morgan fingerprint density at radius 3 is 2.59 bits per heavy atom. The molecule has 1 rings (SSSR count). The van der Waals surface area contributed by atoms with E-state index in [0.717, 1.165) is 37.6 Å². The van der Waals surface area contributed by atoms with Crippen molar-refractivity contribution in [1.82, 2.24) is 15.5 Å². The van der Waals surface area contributed by atoms with E-state index in [1.54, 1.807) is 0 Å². The predicted octanol–water partition coefficient (Wildman–Crippen LogP) is 1.90. The van der Waals surface area contributed by atoms with Crippen LogP contribution in [0.3, 0.4) is 0 Å². The number of likely N-dealkylation sites (N-methyl/N-ethyl adjacent to an activating group) is 1. The first kappa shape index (κ1) is 14.5. The lowest BCUT2D eigenvalue weighted by atomic mass is 9.95. The number of rotatable bonds is 6. The first-order valence-electron chi connectivity index (χ1n) is 6.46. The molecule has 0 aromatic carbocycles. The third-order valence-corrected chi connectivity index (χ3v) is 3.29. The third-order valence-electron chi connectivity index (χ3n) is 3.07. The van der Waals surface area contributed by atoms with E-state index in [1.807, 2.05) is 6.08 Å². The number of hydrogen-bond acceptors (Lipinski definition) is 3. The standard InChI is InChI=1S/C13H25N3S/c1-5-16(6-2)8-7-14-11-9-12(17)15-13(3,4)10-11/h9,14H,5-8,10H2,1-4H3,(H,15,17). The van der Waals surface area contributed by atoms with Gasteiger partial charge in [0.1, 0.15) is 4.99 Å². The minimum Gasteiger partial charge on any atom is -0.387 e. The normalized spacial score (nSPS) is 18.9. The molecule has 1 aliphatic rings. The minimum absolute atomic E-state index is 0.0728. The quantitative estimate of drug-likeness (QED) is 0.709. The molecule has 2 N–H and O–H groups in total. The van der Waals surface area contributed by atoms with Crippen LogP contribution in [0.5, 0.6) is 0 Å². The molecule has 0 aliphatic carbocycles. The summed E-state index contributed by atoms with van der Waals surface area (Å²) in [4.78, 5) is 3.25. The molecule has 0 unspecified atom stereocenters. The fraction of sp³-hybridized carbons (Fsp3) is 0.769. The molecule has 0 atom stereocenters. The van der Waals surface area contributed by atoms with Crippen molar-refractivity contribution in [3.05, 3.63) is 11.8 Å². The Balaban J connectivity index is 2.39. The molecule has 0 aromatic heterocycles. The first-order valence-corrected chi connectivity index (χ1v) is 6.86. The van der Waals surface area contributed by atoms with Crippen molar-refractivity contribution in [2.45, 2.75) is 39.7 Å². The summed E-state index contributed by atoms with van der Waals surface area (Å²) in [7, 11) is 0. The van der Waals surface area contributed by atoms with E-state index < -0.39 is 0 Å². The molecule has 0 amide bonds. The molecular formula is C13H25N3S. The highest BCUT2D eigenvalue weighted by Crippen LogP contribution is 2.18. The maximum absolute atomic E-state index is 5.24. The maximum Gasteiger partial charge on any atom is 0.101 e. The monoisotopic (exact) mass is 255 g/mol. The lowest BCUT2D eigenvalue weighted by molar-refractivity contribution is 0.304. The van der Waals surface area contributed by atoms with Gasteiger partial charge >= 0.3 is 0 Å². The highest BCUT2D eigenvalue weighted by Gasteiger charge is 2.24. The van der Waals surface area contributed by atoms with Gasteiger partial charge in [-0.1, -0.05) is 26.1 Å². The van der Waals surface area contributed by atoms with Gasteiger partial charge in [-0.3, -0.25) is 0 Å². The molecule has 0 aromatic rings. The van der Waals surface area contributed by atoms with Gasteiger partial charge in [-0.15, -0.1) is 0 Å². The van der Waals surface area contributed by atoms with Crippen LogP contribution in [0.25, 0.3) is 0 Å². The van der Waals surface area contributed by atoms with Crippen molar-refractivity contribution in [1.29, 1.82) is 0 Å². The van der Waals surface area contributed by atoms with E-state index in [-0.39, 0.29) is 5.54 Å². The molecule has 1 aliphatic heterocycles. The van der Waals surface area contributed by atoms with Gasteiger partial charge in [-0.2, -0.15) is 0 Å². The first-order chi connectivity index (χ1) is 7.96. The summed E-state index contributed by atoms with van der Waals surface area (Å²) < 4.78 is 0. The molecule has 4 heteroatoms. The van der Waals surface area contributed by atoms with Gasteiger partial charge in [0.15, 0.2) is 0 Å². The summed E-state index contributed by atoms with van der Waals surface area (Å²) in [5, 5.41) is 6.81.